The fourth-order valence-electron chi connectivity index (χ4n) is 5.14. The van der Waals surface area contributed by atoms with Gasteiger partial charge in [0.1, 0.15) is 0 Å². The second kappa shape index (κ2) is 7.27. The van der Waals surface area contributed by atoms with Gasteiger partial charge in [0.15, 0.2) is 0 Å². The molecule has 0 unspecified atom stereocenters. The molecule has 3 aromatic rings. The molecule has 0 amide bonds. The van der Waals surface area contributed by atoms with Crippen LogP contribution >= 0.6 is 0 Å². The second-order valence-electron chi connectivity index (χ2n) is 9.55. The molecule has 3 fully saturated rings. The highest BCUT2D eigenvalue weighted by Crippen LogP contribution is 2.44. The molecule has 1 aromatic carbocycles. The van der Waals surface area contributed by atoms with Gasteiger partial charge in [-0.1, -0.05) is 0 Å². The first-order chi connectivity index (χ1) is 15.5. The van der Waals surface area contributed by atoms with E-state index in [1.54, 1.807) is 0 Å². The summed E-state index contributed by atoms with van der Waals surface area (Å²) < 4.78 is 6.78. The maximum atomic E-state index is 11.6. The maximum Gasteiger partial charge on any atom is 0.308 e. The number of carbonyl (C=O) groups is 1. The summed E-state index contributed by atoms with van der Waals surface area (Å²) in [5.41, 5.74) is 5.18. The molecule has 0 bridgehead atoms. The molecular weight excluding hydrogens is 404 g/mol. The summed E-state index contributed by atoms with van der Waals surface area (Å²) in [5, 5.41) is 4.52. The molecule has 0 atom stereocenters. The van der Waals surface area contributed by atoms with E-state index in [-0.39, 0.29) is 17.9 Å². The summed E-state index contributed by atoms with van der Waals surface area (Å²) in [4.78, 5) is 26.2. The molecule has 166 valence electrons. The van der Waals surface area contributed by atoms with Crippen LogP contribution in [0.3, 0.4) is 0 Å². The van der Waals surface area contributed by atoms with Crippen LogP contribution in [0.1, 0.15) is 31.7 Å². The van der Waals surface area contributed by atoms with Crippen molar-refractivity contribution in [3.63, 3.8) is 0 Å². The molecule has 3 aliphatic rings. The van der Waals surface area contributed by atoms with E-state index in [0.29, 0.717) is 5.54 Å². The van der Waals surface area contributed by atoms with Gasteiger partial charge in [0.05, 0.1) is 48.2 Å². The van der Waals surface area contributed by atoms with Gasteiger partial charge in [0.25, 0.3) is 0 Å². The largest absolute Gasteiger partial charge is 0.469 e. The van der Waals surface area contributed by atoms with E-state index in [9.17, 15) is 4.79 Å². The van der Waals surface area contributed by atoms with Crippen molar-refractivity contribution in [2.75, 3.05) is 38.7 Å². The SMILES string of the molecule is COC(=O)C1CC(n2cc(-c3cnc4ccc(N5CCN(C)C6(CC6)C5)cc4n3)cn2)C1. The van der Waals surface area contributed by atoms with Crippen LogP contribution in [0.5, 0.6) is 0 Å². The first-order valence-electron chi connectivity index (χ1n) is 11.4. The minimum atomic E-state index is -0.127. The number of aromatic nitrogens is 4. The standard InChI is InChI=1S/C24H28N6O2/c1-28-7-8-29(15-24(28)5-6-24)18-3-4-20-21(11-18)27-22(13-25-20)17-12-26-30(14-17)19-9-16(10-19)23(31)32-2/h3-4,11-14,16,19H,5-10,15H2,1-2H3. The summed E-state index contributed by atoms with van der Waals surface area (Å²) in [5.74, 6) is -0.140. The molecule has 3 heterocycles. The van der Waals surface area contributed by atoms with Crippen molar-refractivity contribution >= 4 is 22.7 Å². The van der Waals surface area contributed by atoms with Crippen molar-refractivity contribution in [2.24, 2.45) is 5.92 Å². The number of likely N-dealkylation sites (N-methyl/N-ethyl adjacent to an activating group) is 1. The summed E-state index contributed by atoms with van der Waals surface area (Å²) in [7, 11) is 3.70. The van der Waals surface area contributed by atoms with E-state index < -0.39 is 0 Å². The lowest BCUT2D eigenvalue weighted by Crippen LogP contribution is -2.53. The van der Waals surface area contributed by atoms with E-state index in [4.69, 9.17) is 9.72 Å². The highest BCUT2D eigenvalue weighted by Gasteiger charge is 2.49. The number of hydrogen-bond donors (Lipinski definition) is 0. The smallest absolute Gasteiger partial charge is 0.308 e. The average Bonchev–Trinajstić information content (AvgIpc) is 3.39. The fraction of sp³-hybridized carbons (Fsp3) is 0.500. The zero-order valence-electron chi connectivity index (χ0n) is 18.6. The number of rotatable bonds is 4. The van der Waals surface area contributed by atoms with Crippen LogP contribution < -0.4 is 4.90 Å². The molecule has 6 rings (SSSR count). The van der Waals surface area contributed by atoms with E-state index >= 15 is 0 Å². The number of anilines is 1. The number of benzene rings is 1. The van der Waals surface area contributed by atoms with Gasteiger partial charge in [0, 0.05) is 42.6 Å². The van der Waals surface area contributed by atoms with Crippen LogP contribution in [0.2, 0.25) is 0 Å². The van der Waals surface area contributed by atoms with Crippen LogP contribution in [0, 0.1) is 5.92 Å². The third kappa shape index (κ3) is 3.24. The number of hydrogen-bond acceptors (Lipinski definition) is 7. The molecule has 2 saturated carbocycles. The zero-order chi connectivity index (χ0) is 21.9. The topological polar surface area (TPSA) is 76.4 Å². The molecule has 1 saturated heterocycles. The number of nitrogens with zero attached hydrogens (tertiary/aromatic N) is 6. The normalized spacial score (nSPS) is 24.5. The maximum absolute atomic E-state index is 11.6. The Labute approximate surface area is 187 Å². The Bertz CT molecular complexity index is 1180. The van der Waals surface area contributed by atoms with Gasteiger partial charge in [-0.25, -0.2) is 4.98 Å². The molecular formula is C24H28N6O2. The first kappa shape index (κ1) is 19.7. The fourth-order valence-corrected chi connectivity index (χ4v) is 5.14. The summed E-state index contributed by atoms with van der Waals surface area (Å²) >= 11 is 0. The minimum absolute atomic E-state index is 0.0131. The average molecular weight is 433 g/mol. The van der Waals surface area contributed by atoms with Gasteiger partial charge in [-0.3, -0.25) is 19.4 Å². The van der Waals surface area contributed by atoms with Crippen molar-refractivity contribution in [1.82, 2.24) is 24.6 Å². The first-order valence-corrected chi connectivity index (χ1v) is 11.4. The van der Waals surface area contributed by atoms with Crippen molar-refractivity contribution in [3.8, 4) is 11.3 Å². The molecule has 8 nitrogen and oxygen atoms in total. The van der Waals surface area contributed by atoms with Crippen LogP contribution in [0.4, 0.5) is 5.69 Å². The molecule has 1 spiro atoms. The van der Waals surface area contributed by atoms with Gasteiger partial charge < -0.3 is 9.64 Å². The molecule has 0 N–H and O–H groups in total. The highest BCUT2D eigenvalue weighted by atomic mass is 16.5. The van der Waals surface area contributed by atoms with Crippen LogP contribution in [-0.2, 0) is 9.53 Å². The Hall–Kier alpha value is -3.00. The van der Waals surface area contributed by atoms with Gasteiger partial charge in [-0.2, -0.15) is 5.10 Å². The Morgan fingerprint density at radius 2 is 2.00 bits per heavy atom. The Morgan fingerprint density at radius 3 is 2.78 bits per heavy atom. The quantitative estimate of drug-likeness (QED) is 0.587. The molecule has 2 aliphatic carbocycles. The zero-order valence-corrected chi connectivity index (χ0v) is 18.6. The summed E-state index contributed by atoms with van der Waals surface area (Å²) in [6.45, 7) is 3.22. The number of ether oxygens (including phenoxy) is 1. The molecule has 2 aromatic heterocycles. The van der Waals surface area contributed by atoms with Crippen molar-refractivity contribution in [3.05, 3.63) is 36.8 Å². The Morgan fingerprint density at radius 1 is 1.16 bits per heavy atom. The summed E-state index contributed by atoms with van der Waals surface area (Å²) in [6, 6.07) is 6.65. The number of esters is 1. The lowest BCUT2D eigenvalue weighted by atomic mass is 9.80. The Kier molecular flexibility index (Phi) is 4.47. The molecule has 0 radical (unpaired) electrons. The monoisotopic (exact) mass is 432 g/mol. The van der Waals surface area contributed by atoms with Gasteiger partial charge in [-0.05, 0) is 50.9 Å². The number of fused-ring (bicyclic) bond motifs is 1. The van der Waals surface area contributed by atoms with Crippen molar-refractivity contribution in [2.45, 2.75) is 37.3 Å². The van der Waals surface area contributed by atoms with Gasteiger partial charge in [-0.15, -0.1) is 0 Å². The van der Waals surface area contributed by atoms with E-state index in [2.05, 4.69) is 45.1 Å². The number of carbonyl (C=O) groups excluding carboxylic acids is 1. The van der Waals surface area contributed by atoms with E-state index in [1.807, 2.05) is 23.3 Å². The second-order valence-corrected chi connectivity index (χ2v) is 9.55. The van der Waals surface area contributed by atoms with E-state index in [1.165, 1.54) is 25.6 Å². The molecule has 32 heavy (non-hydrogen) atoms. The van der Waals surface area contributed by atoms with Crippen LogP contribution in [0.15, 0.2) is 36.8 Å². The van der Waals surface area contributed by atoms with Crippen LogP contribution in [0.25, 0.3) is 22.3 Å². The predicted octanol–water partition coefficient (Wildman–Crippen LogP) is 2.90. The number of methoxy groups -OCH3 is 1. The molecule has 1 aliphatic heterocycles. The van der Waals surface area contributed by atoms with Crippen molar-refractivity contribution in [1.29, 1.82) is 0 Å². The van der Waals surface area contributed by atoms with E-state index in [0.717, 1.165) is 54.8 Å². The molecule has 8 heteroatoms. The third-order valence-corrected chi connectivity index (χ3v) is 7.64. The lowest BCUT2D eigenvalue weighted by Gasteiger charge is -2.41. The van der Waals surface area contributed by atoms with Gasteiger partial charge >= 0.3 is 5.97 Å². The van der Waals surface area contributed by atoms with Crippen molar-refractivity contribution < 1.29 is 9.53 Å². The lowest BCUT2D eigenvalue weighted by molar-refractivity contribution is -0.149. The minimum Gasteiger partial charge on any atom is -0.469 e. The highest BCUT2D eigenvalue weighted by molar-refractivity contribution is 5.81. The predicted molar refractivity (Wildman–Crippen MR) is 121 cm³/mol. The van der Waals surface area contributed by atoms with Gasteiger partial charge in [0.2, 0.25) is 0 Å². The summed E-state index contributed by atoms with van der Waals surface area (Å²) in [6.07, 6.45) is 9.79. The van der Waals surface area contributed by atoms with Crippen LogP contribution in [-0.4, -0.2) is 69.9 Å². The number of piperazine rings is 1. The third-order valence-electron chi connectivity index (χ3n) is 7.64. The Balaban J connectivity index is 1.22.